The first-order valence-electron chi connectivity index (χ1n) is 19.0. The van der Waals surface area contributed by atoms with Gasteiger partial charge in [0.15, 0.2) is 14.3 Å². The summed E-state index contributed by atoms with van der Waals surface area (Å²) in [4.78, 5) is 0. The van der Waals surface area contributed by atoms with Gasteiger partial charge in [-0.3, -0.25) is 0 Å². The molecule has 0 aromatic heterocycles. The van der Waals surface area contributed by atoms with Crippen LogP contribution < -0.4 is 31.8 Å². The average Bonchev–Trinajstić information content (AvgIpc) is 3.19. The zero-order valence-electron chi connectivity index (χ0n) is 31.6. The van der Waals surface area contributed by atoms with Crippen LogP contribution in [0.5, 0.6) is 0 Å². The quantitative estimate of drug-likeness (QED) is 0.108. The van der Waals surface area contributed by atoms with E-state index < -0.39 is 14.3 Å². The Morgan fingerprint density at radius 3 is 0.720 bits per heavy atom. The van der Waals surface area contributed by atoms with Crippen molar-refractivity contribution < 1.29 is 9.13 Å². The highest BCUT2D eigenvalue weighted by Crippen LogP contribution is 2.48. The Kier molecular flexibility index (Phi) is 12.3. The van der Waals surface area contributed by atoms with Crippen molar-refractivity contribution in [3.8, 4) is 0 Å². The maximum atomic E-state index is 16.2. The van der Waals surface area contributed by atoms with Crippen molar-refractivity contribution in [1.82, 2.24) is 0 Å². The van der Waals surface area contributed by atoms with E-state index in [-0.39, 0.29) is 0 Å². The molecule has 0 saturated carbocycles. The molecule has 262 valence electrons. The SMILES string of the molecule is CCc1ccc(P(=O)(c2ccc(P(=O)(c3ccc(CC)cc3CC)c3ccc(CC)cc3CC)cc2)c2ccc(CC)cc2CC)c(CC)c1. The van der Waals surface area contributed by atoms with E-state index in [9.17, 15) is 0 Å². The highest BCUT2D eigenvalue weighted by atomic mass is 31.2. The second kappa shape index (κ2) is 16.3. The molecule has 2 nitrogen and oxygen atoms in total. The number of rotatable bonds is 14. The highest BCUT2D eigenvalue weighted by Gasteiger charge is 2.37. The van der Waals surface area contributed by atoms with Crippen LogP contribution in [0.25, 0.3) is 0 Å². The van der Waals surface area contributed by atoms with Gasteiger partial charge < -0.3 is 9.13 Å². The second-order valence-electron chi connectivity index (χ2n) is 13.4. The number of benzene rings is 5. The fourth-order valence-corrected chi connectivity index (χ4v) is 13.9. The lowest BCUT2D eigenvalue weighted by molar-refractivity contribution is 0.591. The van der Waals surface area contributed by atoms with Gasteiger partial charge in [-0.25, -0.2) is 0 Å². The third-order valence-corrected chi connectivity index (χ3v) is 17.2. The summed E-state index contributed by atoms with van der Waals surface area (Å²) >= 11 is 0. The van der Waals surface area contributed by atoms with E-state index in [1.165, 1.54) is 22.3 Å². The van der Waals surface area contributed by atoms with Gasteiger partial charge in [-0.2, -0.15) is 0 Å². The smallest absolute Gasteiger partial charge is 0.171 e. The zero-order valence-corrected chi connectivity index (χ0v) is 33.4. The lowest BCUT2D eigenvalue weighted by Gasteiger charge is -2.28. The minimum atomic E-state index is -3.30. The molecule has 0 saturated heterocycles. The summed E-state index contributed by atoms with van der Waals surface area (Å²) in [6, 6.07) is 34.2. The Labute approximate surface area is 302 Å². The van der Waals surface area contributed by atoms with Crippen molar-refractivity contribution in [2.75, 3.05) is 0 Å². The highest BCUT2D eigenvalue weighted by molar-refractivity contribution is 7.86. The van der Waals surface area contributed by atoms with Crippen molar-refractivity contribution in [2.45, 2.75) is 107 Å². The van der Waals surface area contributed by atoms with E-state index in [0.29, 0.717) is 0 Å². The lowest BCUT2D eigenvalue weighted by atomic mass is 10.1. The molecule has 5 aromatic rings. The Hall–Kier alpha value is -3.44. The van der Waals surface area contributed by atoms with Gasteiger partial charge in [0.25, 0.3) is 0 Å². The predicted molar refractivity (Wildman–Crippen MR) is 220 cm³/mol. The molecule has 0 bridgehead atoms. The number of hydrogen-bond acceptors (Lipinski definition) is 2. The molecule has 0 N–H and O–H groups in total. The molecule has 0 aliphatic heterocycles. The Balaban J connectivity index is 1.80. The predicted octanol–water partition coefficient (Wildman–Crippen LogP) is 9.46. The van der Waals surface area contributed by atoms with Crippen molar-refractivity contribution in [3.05, 3.63) is 142 Å². The maximum absolute atomic E-state index is 16.2. The molecule has 0 aliphatic carbocycles. The van der Waals surface area contributed by atoms with Gasteiger partial charge in [-0.1, -0.05) is 152 Å². The van der Waals surface area contributed by atoms with Gasteiger partial charge in [0.2, 0.25) is 0 Å². The van der Waals surface area contributed by atoms with Gasteiger partial charge in [0.1, 0.15) is 0 Å². The molecule has 0 amide bonds. The molecule has 0 atom stereocenters. The monoisotopic (exact) mass is 702 g/mol. The fraction of sp³-hybridized carbons (Fsp3) is 0.348. The molecule has 0 spiro atoms. The van der Waals surface area contributed by atoms with Crippen LogP contribution in [0.3, 0.4) is 0 Å². The summed E-state index contributed by atoms with van der Waals surface area (Å²) in [6.45, 7) is 17.3. The van der Waals surface area contributed by atoms with E-state index in [1.54, 1.807) is 0 Å². The standard InChI is InChI=1S/C46H56O2P2/c1-9-33-17-25-43(37(13-5)29-33)49(47,44-26-18-34(10-2)30-38(44)14-6)41-21-23-42(24-22-41)50(48,45-27-19-35(11-3)31-39(45)15-7)46-28-20-36(12-4)32-40(46)16-8/h17-32H,9-16H2,1-8H3. The first-order chi connectivity index (χ1) is 24.2. The Morgan fingerprint density at radius 2 is 0.540 bits per heavy atom. The van der Waals surface area contributed by atoms with Gasteiger partial charge in [0.05, 0.1) is 0 Å². The van der Waals surface area contributed by atoms with Gasteiger partial charge in [0, 0.05) is 31.8 Å². The minimum Gasteiger partial charge on any atom is -0.309 e. The average molecular weight is 703 g/mol. The van der Waals surface area contributed by atoms with Crippen molar-refractivity contribution in [2.24, 2.45) is 0 Å². The molecule has 0 aliphatic rings. The van der Waals surface area contributed by atoms with Crippen LogP contribution in [-0.2, 0) is 60.5 Å². The van der Waals surface area contributed by atoms with Crippen molar-refractivity contribution in [3.63, 3.8) is 0 Å². The number of aryl methyl sites for hydroxylation is 8. The fourth-order valence-electron chi connectivity index (χ4n) is 7.48. The first-order valence-corrected chi connectivity index (χ1v) is 22.4. The van der Waals surface area contributed by atoms with Crippen LogP contribution in [0.1, 0.15) is 99.9 Å². The molecular weight excluding hydrogens is 646 g/mol. The lowest BCUT2D eigenvalue weighted by Crippen LogP contribution is -2.32. The topological polar surface area (TPSA) is 34.1 Å². The maximum Gasteiger partial charge on any atom is 0.171 e. The normalized spacial score (nSPS) is 12.0. The molecule has 0 unspecified atom stereocenters. The molecule has 0 heterocycles. The summed E-state index contributed by atoms with van der Waals surface area (Å²) in [5.74, 6) is 0. The minimum absolute atomic E-state index is 0.791. The number of hydrogen-bond donors (Lipinski definition) is 0. The van der Waals surface area contributed by atoms with Crippen LogP contribution in [0.2, 0.25) is 0 Å². The van der Waals surface area contributed by atoms with Crippen molar-refractivity contribution >= 4 is 46.1 Å². The molecule has 5 rings (SSSR count). The second-order valence-corrected chi connectivity index (χ2v) is 18.8. The first kappa shape index (κ1) is 37.8. The van der Waals surface area contributed by atoms with Gasteiger partial charge in [-0.15, -0.1) is 0 Å². The van der Waals surface area contributed by atoms with E-state index in [0.717, 1.165) is 105 Å². The molecule has 50 heavy (non-hydrogen) atoms. The molecule has 5 aromatic carbocycles. The largest absolute Gasteiger partial charge is 0.309 e. The van der Waals surface area contributed by atoms with E-state index in [2.05, 4.69) is 128 Å². The van der Waals surface area contributed by atoms with Crippen LogP contribution >= 0.6 is 14.3 Å². The van der Waals surface area contributed by atoms with Crippen molar-refractivity contribution in [1.29, 1.82) is 0 Å². The molecular formula is C46H56O2P2. The Bertz CT molecular complexity index is 1790. The van der Waals surface area contributed by atoms with E-state index >= 15 is 9.13 Å². The van der Waals surface area contributed by atoms with Gasteiger partial charge >= 0.3 is 0 Å². The summed E-state index contributed by atoms with van der Waals surface area (Å²) in [5.41, 5.74) is 9.57. The van der Waals surface area contributed by atoms with Crippen LogP contribution in [-0.4, -0.2) is 0 Å². The van der Waals surface area contributed by atoms with Crippen LogP contribution in [0.15, 0.2) is 97.1 Å². The summed E-state index contributed by atoms with van der Waals surface area (Å²) < 4.78 is 32.3. The zero-order chi connectivity index (χ0) is 36.1. The molecule has 4 heteroatoms. The summed E-state index contributed by atoms with van der Waals surface area (Å²) in [7, 11) is -6.61. The molecule has 0 radical (unpaired) electrons. The third-order valence-electron chi connectivity index (χ3n) is 10.7. The van der Waals surface area contributed by atoms with Gasteiger partial charge in [-0.05, 0) is 95.9 Å². The van der Waals surface area contributed by atoms with E-state index in [1.807, 2.05) is 24.3 Å². The summed E-state index contributed by atoms with van der Waals surface area (Å²) in [5, 5.41) is 5.25. The Morgan fingerprint density at radius 1 is 0.320 bits per heavy atom. The third kappa shape index (κ3) is 6.92. The summed E-state index contributed by atoms with van der Waals surface area (Å²) in [6.07, 6.45) is 6.95. The van der Waals surface area contributed by atoms with E-state index in [4.69, 9.17) is 0 Å². The van der Waals surface area contributed by atoms with Crippen LogP contribution in [0, 0.1) is 0 Å². The molecule has 0 fully saturated rings. The van der Waals surface area contributed by atoms with Crippen LogP contribution in [0.4, 0.5) is 0 Å².